The number of hydrogen-bond acceptors (Lipinski definition) is 4. The molecule has 1 unspecified atom stereocenters. The van der Waals surface area contributed by atoms with E-state index in [4.69, 9.17) is 9.47 Å². The average Bonchev–Trinajstić information content (AvgIpc) is 2.85. The summed E-state index contributed by atoms with van der Waals surface area (Å²) in [4.78, 5) is 24.5. The van der Waals surface area contributed by atoms with E-state index in [0.717, 1.165) is 19.3 Å². The molecular weight excluding hydrogens is 448 g/mol. The van der Waals surface area contributed by atoms with E-state index >= 15 is 0 Å². The summed E-state index contributed by atoms with van der Waals surface area (Å²) in [5.41, 5.74) is 0.929. The molecule has 0 amide bonds. The lowest BCUT2D eigenvalue weighted by Crippen LogP contribution is -2.17. The minimum atomic E-state index is -0.351. The zero-order valence-corrected chi connectivity index (χ0v) is 23.8. The van der Waals surface area contributed by atoms with Gasteiger partial charge in [-0.15, -0.1) is 0 Å². The summed E-state index contributed by atoms with van der Waals surface area (Å²) >= 11 is 0. The molecule has 1 atom stereocenters. The molecule has 1 aromatic rings. The molecule has 36 heavy (non-hydrogen) atoms. The van der Waals surface area contributed by atoms with Gasteiger partial charge < -0.3 is 9.47 Å². The highest BCUT2D eigenvalue weighted by atomic mass is 16.5. The summed E-state index contributed by atoms with van der Waals surface area (Å²) < 4.78 is 10.9. The molecule has 0 saturated heterocycles. The van der Waals surface area contributed by atoms with Crippen molar-refractivity contribution < 1.29 is 19.1 Å². The summed E-state index contributed by atoms with van der Waals surface area (Å²) in [6.07, 6.45) is 21.9. The minimum absolute atomic E-state index is 0.123. The quantitative estimate of drug-likeness (QED) is 0.117. The van der Waals surface area contributed by atoms with Crippen LogP contribution in [0.4, 0.5) is 0 Å². The maximum absolute atomic E-state index is 12.2. The van der Waals surface area contributed by atoms with Crippen molar-refractivity contribution in [3.8, 4) is 0 Å². The topological polar surface area (TPSA) is 52.6 Å². The Morgan fingerprint density at radius 1 is 0.611 bits per heavy atom. The molecule has 4 heteroatoms. The maximum Gasteiger partial charge on any atom is 0.338 e. The number of carbonyl (C=O) groups excluding carboxylic acids is 2. The van der Waals surface area contributed by atoms with Crippen molar-refractivity contribution in [2.45, 2.75) is 143 Å². The predicted octanol–water partition coefficient (Wildman–Crippen LogP) is 9.70. The molecule has 0 aliphatic rings. The summed E-state index contributed by atoms with van der Waals surface area (Å²) in [5, 5.41) is 0. The third kappa shape index (κ3) is 16.8. The summed E-state index contributed by atoms with van der Waals surface area (Å²) in [6.45, 7) is 8.84. The van der Waals surface area contributed by atoms with Gasteiger partial charge in [0, 0.05) is 0 Å². The lowest BCUT2D eigenvalue weighted by molar-refractivity contribution is 0.0298. The van der Waals surface area contributed by atoms with E-state index in [-0.39, 0.29) is 18.0 Å². The van der Waals surface area contributed by atoms with Crippen LogP contribution in [0.2, 0.25) is 0 Å². The molecule has 0 heterocycles. The van der Waals surface area contributed by atoms with Crippen molar-refractivity contribution in [3.05, 3.63) is 35.4 Å². The molecule has 0 N–H and O–H groups in total. The van der Waals surface area contributed by atoms with Crippen LogP contribution in [0.1, 0.15) is 158 Å². The van der Waals surface area contributed by atoms with E-state index in [0.29, 0.717) is 23.7 Å². The molecule has 0 aliphatic carbocycles. The Kier molecular flexibility index (Phi) is 19.0. The Hall–Kier alpha value is -1.84. The lowest BCUT2D eigenvalue weighted by atomic mass is 10.0. The molecule has 0 aromatic heterocycles. The zero-order chi connectivity index (χ0) is 26.4. The fraction of sp³-hybridized carbons (Fsp3) is 0.750. The lowest BCUT2D eigenvalue weighted by Gasteiger charge is -2.15. The Morgan fingerprint density at radius 2 is 1.00 bits per heavy atom. The van der Waals surface area contributed by atoms with Crippen LogP contribution in [0.15, 0.2) is 24.3 Å². The van der Waals surface area contributed by atoms with Crippen LogP contribution in [0.3, 0.4) is 0 Å². The van der Waals surface area contributed by atoms with Crippen molar-refractivity contribution in [1.29, 1.82) is 0 Å². The van der Waals surface area contributed by atoms with Crippen LogP contribution >= 0.6 is 0 Å². The summed E-state index contributed by atoms with van der Waals surface area (Å²) in [5.74, 6) is -0.209. The van der Waals surface area contributed by atoms with Gasteiger partial charge in [-0.25, -0.2) is 9.59 Å². The van der Waals surface area contributed by atoms with Crippen LogP contribution in [0.5, 0.6) is 0 Å². The molecule has 0 radical (unpaired) electrons. The van der Waals surface area contributed by atoms with Crippen molar-refractivity contribution in [2.24, 2.45) is 5.92 Å². The predicted molar refractivity (Wildman–Crippen MR) is 151 cm³/mol. The second-order valence-corrected chi connectivity index (χ2v) is 10.9. The van der Waals surface area contributed by atoms with Gasteiger partial charge in [0.1, 0.15) is 0 Å². The Morgan fingerprint density at radius 3 is 1.42 bits per heavy atom. The Bertz CT molecular complexity index is 680. The van der Waals surface area contributed by atoms with Gasteiger partial charge in [-0.2, -0.15) is 0 Å². The van der Waals surface area contributed by atoms with Gasteiger partial charge in [0.15, 0.2) is 0 Å². The Balaban J connectivity index is 2.00. The van der Waals surface area contributed by atoms with Crippen LogP contribution < -0.4 is 0 Å². The standard InChI is InChI=1S/C32H54O4/c1-5-6-7-8-9-10-11-12-13-14-15-16-17-18-19-20-25-35-31(33)29-21-23-30(24-22-29)32(34)36-28(4)26-27(2)3/h21-24,27-28H,5-20,25-26H2,1-4H3. The number of rotatable bonds is 22. The molecule has 206 valence electrons. The Labute approximate surface area is 221 Å². The number of esters is 2. The van der Waals surface area contributed by atoms with E-state index in [9.17, 15) is 9.59 Å². The highest BCUT2D eigenvalue weighted by Gasteiger charge is 2.14. The van der Waals surface area contributed by atoms with Gasteiger partial charge in [0.2, 0.25) is 0 Å². The number of unbranched alkanes of at least 4 members (excludes halogenated alkanes) is 15. The molecule has 1 aromatic carbocycles. The monoisotopic (exact) mass is 502 g/mol. The molecule has 1 rings (SSSR count). The van der Waals surface area contributed by atoms with E-state index in [1.54, 1.807) is 24.3 Å². The smallest absolute Gasteiger partial charge is 0.338 e. The second-order valence-electron chi connectivity index (χ2n) is 10.9. The first-order valence-corrected chi connectivity index (χ1v) is 14.9. The van der Waals surface area contributed by atoms with Gasteiger partial charge >= 0.3 is 11.9 Å². The van der Waals surface area contributed by atoms with Crippen molar-refractivity contribution in [3.63, 3.8) is 0 Å². The van der Waals surface area contributed by atoms with Crippen LogP contribution in [0.25, 0.3) is 0 Å². The first-order chi connectivity index (χ1) is 17.4. The zero-order valence-electron chi connectivity index (χ0n) is 23.8. The van der Waals surface area contributed by atoms with Gasteiger partial charge in [0.05, 0.1) is 23.8 Å². The van der Waals surface area contributed by atoms with Gasteiger partial charge in [-0.1, -0.05) is 117 Å². The number of benzene rings is 1. The maximum atomic E-state index is 12.2. The van der Waals surface area contributed by atoms with E-state index in [1.165, 1.54) is 89.9 Å². The largest absolute Gasteiger partial charge is 0.462 e. The van der Waals surface area contributed by atoms with Crippen LogP contribution in [0, 0.1) is 5.92 Å². The fourth-order valence-corrected chi connectivity index (χ4v) is 4.60. The minimum Gasteiger partial charge on any atom is -0.462 e. The van der Waals surface area contributed by atoms with Gasteiger partial charge in [-0.3, -0.25) is 0 Å². The first kappa shape index (κ1) is 32.2. The van der Waals surface area contributed by atoms with E-state index < -0.39 is 0 Å². The number of hydrogen-bond donors (Lipinski definition) is 0. The van der Waals surface area contributed by atoms with Gasteiger partial charge in [-0.05, 0) is 49.9 Å². The molecule has 0 saturated carbocycles. The highest BCUT2D eigenvalue weighted by molar-refractivity contribution is 5.93. The molecule has 0 aliphatic heterocycles. The number of carbonyl (C=O) groups is 2. The molecule has 4 nitrogen and oxygen atoms in total. The van der Waals surface area contributed by atoms with Crippen LogP contribution in [-0.2, 0) is 9.47 Å². The van der Waals surface area contributed by atoms with E-state index in [2.05, 4.69) is 20.8 Å². The summed E-state index contributed by atoms with van der Waals surface area (Å²) in [6, 6.07) is 6.55. The van der Waals surface area contributed by atoms with Crippen molar-refractivity contribution in [1.82, 2.24) is 0 Å². The van der Waals surface area contributed by atoms with Crippen molar-refractivity contribution in [2.75, 3.05) is 6.61 Å². The highest BCUT2D eigenvalue weighted by Crippen LogP contribution is 2.15. The third-order valence-corrected chi connectivity index (χ3v) is 6.70. The van der Waals surface area contributed by atoms with E-state index in [1.807, 2.05) is 6.92 Å². The molecule has 0 spiro atoms. The SMILES string of the molecule is CCCCCCCCCCCCCCCCCCOC(=O)c1ccc(C(=O)OC(C)CC(C)C)cc1. The van der Waals surface area contributed by atoms with Crippen LogP contribution in [-0.4, -0.2) is 24.6 Å². The average molecular weight is 503 g/mol. The first-order valence-electron chi connectivity index (χ1n) is 14.9. The van der Waals surface area contributed by atoms with Crippen molar-refractivity contribution >= 4 is 11.9 Å². The summed E-state index contributed by atoms with van der Waals surface area (Å²) in [7, 11) is 0. The number of ether oxygens (including phenoxy) is 2. The van der Waals surface area contributed by atoms with Gasteiger partial charge in [0.25, 0.3) is 0 Å². The third-order valence-electron chi connectivity index (χ3n) is 6.70. The normalized spacial score (nSPS) is 12.0. The fourth-order valence-electron chi connectivity index (χ4n) is 4.60. The molecule has 0 bridgehead atoms. The molecular formula is C32H54O4. The second kappa shape index (κ2) is 21.3. The molecule has 0 fully saturated rings.